The van der Waals surface area contributed by atoms with Crippen molar-refractivity contribution in [2.45, 2.75) is 40.8 Å². The molecule has 197 valence electrons. The van der Waals surface area contributed by atoms with E-state index < -0.39 is 7.81 Å². The van der Waals surface area contributed by atoms with Gasteiger partial charge in [0.2, 0.25) is 0 Å². The fourth-order valence-electron chi connectivity index (χ4n) is 3.42. The average molecular weight is 606 g/mol. The molecule has 11 heteroatoms. The van der Waals surface area contributed by atoms with Crippen LogP contribution in [0.15, 0.2) is 30.3 Å². The second kappa shape index (κ2) is 14.3. The van der Waals surface area contributed by atoms with Gasteiger partial charge in [0, 0.05) is 0 Å². The van der Waals surface area contributed by atoms with Crippen molar-refractivity contribution in [3.8, 4) is 0 Å². The van der Waals surface area contributed by atoms with Crippen LogP contribution in [0.4, 0.5) is 25.2 Å². The van der Waals surface area contributed by atoms with Gasteiger partial charge >= 0.3 is 50.1 Å². The molecule has 1 aromatic carbocycles. The monoisotopic (exact) mass is 606 g/mol. The quantitative estimate of drug-likeness (QED) is 0.179. The van der Waals surface area contributed by atoms with Crippen LogP contribution in [0.25, 0.3) is 0 Å². The molecule has 0 spiro atoms. The number of hydrogen-bond donors (Lipinski definition) is 0. The SMILES string of the molecule is C[C]1[C](C)[C](C)[C](C)[C]1C.F[P-](F)(F)(F)(F)F.[Fe+2].c1ccc(CP2CCPCCPCC2)cc1. The van der Waals surface area contributed by atoms with Gasteiger partial charge in [-0.05, 0) is 78.3 Å². The Bertz CT molecular complexity index is 623. The Balaban J connectivity index is 0.000000522. The van der Waals surface area contributed by atoms with Crippen molar-refractivity contribution >= 4 is 32.9 Å². The van der Waals surface area contributed by atoms with Gasteiger partial charge in [-0.15, -0.1) is 25.1 Å². The molecule has 0 amide bonds. The van der Waals surface area contributed by atoms with E-state index in [4.69, 9.17) is 0 Å². The van der Waals surface area contributed by atoms with Crippen LogP contribution >= 0.6 is 32.9 Å². The Kier molecular flexibility index (Phi) is 14.7. The minimum absolute atomic E-state index is 0. The summed E-state index contributed by atoms with van der Waals surface area (Å²) in [6.45, 7) is 11.0. The largest absolute Gasteiger partial charge is 2.00 e. The van der Waals surface area contributed by atoms with E-state index in [1.165, 1.54) is 89.9 Å². The molecule has 0 bridgehead atoms. The fourth-order valence-corrected chi connectivity index (χ4v) is 10.4. The molecule has 3 rings (SSSR count). The Labute approximate surface area is 218 Å². The molecule has 2 aliphatic rings. The second-order valence-corrected chi connectivity index (χ2v) is 15.8. The third-order valence-electron chi connectivity index (χ3n) is 5.75. The van der Waals surface area contributed by atoms with E-state index in [9.17, 15) is 25.2 Å². The molecule has 0 nitrogen and oxygen atoms in total. The molecule has 1 aliphatic heterocycles. The van der Waals surface area contributed by atoms with Gasteiger partial charge in [-0.25, -0.2) is 0 Å². The molecule has 2 fully saturated rings. The predicted octanol–water partition coefficient (Wildman–Crippen LogP) is 10.4. The van der Waals surface area contributed by atoms with E-state index in [0.29, 0.717) is 7.92 Å². The van der Waals surface area contributed by atoms with Crippen molar-refractivity contribution in [3.63, 3.8) is 0 Å². The summed E-state index contributed by atoms with van der Waals surface area (Å²) in [6, 6.07) is 11.1. The second-order valence-electron chi connectivity index (χ2n) is 8.35. The minimum atomic E-state index is -10.7. The summed E-state index contributed by atoms with van der Waals surface area (Å²) in [6.07, 6.45) is 10.5. The van der Waals surface area contributed by atoms with Gasteiger partial charge in [-0.3, -0.25) is 0 Å². The molecule has 1 aliphatic carbocycles. The van der Waals surface area contributed by atoms with E-state index in [0.717, 1.165) is 0 Å². The van der Waals surface area contributed by atoms with Crippen LogP contribution in [0.5, 0.6) is 0 Å². The molecular formula is C23H36F6FeP4+. The Hall–Kier alpha value is 1.04. The van der Waals surface area contributed by atoms with Crippen molar-refractivity contribution in [1.82, 2.24) is 0 Å². The first-order valence-corrected chi connectivity index (χ1v) is 17.6. The first-order chi connectivity index (χ1) is 15.0. The summed E-state index contributed by atoms with van der Waals surface area (Å²) in [5.74, 6) is 7.34. The third-order valence-corrected chi connectivity index (χ3v) is 12.0. The number of benzene rings is 1. The molecule has 0 N–H and O–H groups in total. The molecule has 5 radical (unpaired) electrons. The summed E-state index contributed by atoms with van der Waals surface area (Å²) in [4.78, 5) is 0. The third kappa shape index (κ3) is 17.5. The van der Waals surface area contributed by atoms with Gasteiger partial charge in [0.15, 0.2) is 0 Å². The molecule has 1 saturated heterocycles. The maximum atomic E-state index is 9.87. The van der Waals surface area contributed by atoms with Crippen LogP contribution in [-0.4, -0.2) is 37.0 Å². The van der Waals surface area contributed by atoms with Crippen molar-refractivity contribution in [3.05, 3.63) is 65.5 Å². The van der Waals surface area contributed by atoms with Crippen LogP contribution in [-0.2, 0) is 23.2 Å². The summed E-state index contributed by atoms with van der Waals surface area (Å²) < 4.78 is 59.2. The first kappa shape index (κ1) is 35.0. The molecule has 2 atom stereocenters. The van der Waals surface area contributed by atoms with Gasteiger partial charge in [0.25, 0.3) is 0 Å². The van der Waals surface area contributed by atoms with Gasteiger partial charge < -0.3 is 0 Å². The van der Waals surface area contributed by atoms with Crippen molar-refractivity contribution in [2.75, 3.05) is 37.0 Å². The number of rotatable bonds is 2. The Morgan fingerprint density at radius 2 is 0.971 bits per heavy atom. The van der Waals surface area contributed by atoms with Gasteiger partial charge in [-0.2, -0.15) is 0 Å². The first-order valence-electron chi connectivity index (χ1n) is 10.9. The van der Waals surface area contributed by atoms with E-state index in [2.05, 4.69) is 65.0 Å². The molecule has 1 saturated carbocycles. The Morgan fingerprint density at radius 3 is 1.29 bits per heavy atom. The van der Waals surface area contributed by atoms with Gasteiger partial charge in [-0.1, -0.05) is 65.0 Å². The van der Waals surface area contributed by atoms with E-state index in [1.807, 2.05) is 0 Å². The van der Waals surface area contributed by atoms with Crippen LogP contribution in [0.2, 0.25) is 0 Å². The summed E-state index contributed by atoms with van der Waals surface area (Å²) in [5.41, 5.74) is 1.57. The van der Waals surface area contributed by atoms with E-state index in [1.54, 1.807) is 5.56 Å². The van der Waals surface area contributed by atoms with Crippen LogP contribution in [0.3, 0.4) is 0 Å². The molecule has 1 aromatic rings. The number of halogens is 6. The summed E-state index contributed by atoms with van der Waals surface area (Å²) in [7, 11) is -7.84. The van der Waals surface area contributed by atoms with Crippen LogP contribution in [0, 0.1) is 29.6 Å². The molecular weight excluding hydrogens is 570 g/mol. The van der Waals surface area contributed by atoms with Gasteiger partial charge in [0.1, 0.15) is 0 Å². The van der Waals surface area contributed by atoms with E-state index >= 15 is 0 Å². The van der Waals surface area contributed by atoms with E-state index in [-0.39, 0.29) is 17.1 Å². The maximum Gasteiger partial charge on any atom is 2.00 e. The van der Waals surface area contributed by atoms with Gasteiger partial charge in [0.05, 0.1) is 0 Å². The van der Waals surface area contributed by atoms with Crippen molar-refractivity contribution < 1.29 is 42.3 Å². The van der Waals surface area contributed by atoms with Crippen molar-refractivity contribution in [2.24, 2.45) is 0 Å². The zero-order valence-corrected chi connectivity index (χ0v) is 25.2. The van der Waals surface area contributed by atoms with Crippen LogP contribution < -0.4 is 0 Å². The smallest absolute Gasteiger partial charge is 0.121 e. The summed E-state index contributed by atoms with van der Waals surface area (Å²) >= 11 is 0. The maximum absolute atomic E-state index is 10.7. The molecule has 1 heterocycles. The molecule has 0 aromatic heterocycles. The predicted molar refractivity (Wildman–Crippen MR) is 141 cm³/mol. The minimum Gasteiger partial charge on any atom is -0.121 e. The topological polar surface area (TPSA) is 0 Å². The Morgan fingerprint density at radius 1 is 0.647 bits per heavy atom. The zero-order chi connectivity index (χ0) is 25.3. The molecule has 34 heavy (non-hydrogen) atoms. The molecule has 2 unspecified atom stereocenters. The summed E-state index contributed by atoms with van der Waals surface area (Å²) in [5, 5.41) is 0. The van der Waals surface area contributed by atoms with Crippen LogP contribution in [0.1, 0.15) is 40.2 Å². The average Bonchev–Trinajstić information content (AvgIpc) is 2.95. The van der Waals surface area contributed by atoms with Crippen molar-refractivity contribution in [1.29, 1.82) is 0 Å². The fraction of sp³-hybridized carbons (Fsp3) is 0.522. The zero-order valence-electron chi connectivity index (χ0n) is 20.4. The standard InChI is InChI=1S/C13H21P3.C10H15.F6P.Fe/c1-2-4-13(5-3-1)12-16-10-8-14-6-7-15-9-11-16;1-6-7(2)9(4)10(5)8(6)3;1-7(2,3,4,5)6;/h1-5,14-15H,6-12H2;1-5H3;;/q;;-1;+2. The number of hydrogen-bond acceptors (Lipinski definition) is 0. The normalized spacial score (nSPS) is 25.4.